The van der Waals surface area contributed by atoms with E-state index in [4.69, 9.17) is 0 Å². The number of nitrogens with zero attached hydrogens (tertiary/aromatic N) is 1. The van der Waals surface area contributed by atoms with Crippen LogP contribution in [0.25, 0.3) is 10.9 Å². The molecule has 0 unspecified atom stereocenters. The highest BCUT2D eigenvalue weighted by Crippen LogP contribution is 2.17. The predicted molar refractivity (Wildman–Crippen MR) is 55.4 cm³/mol. The maximum Gasteiger partial charge on any atom is 0.0736 e. The molecule has 1 aromatic heterocycles. The molecule has 1 radical (unpaired) electrons. The number of benzene rings is 1. The van der Waals surface area contributed by atoms with E-state index >= 15 is 0 Å². The third kappa shape index (κ3) is 1.55. The van der Waals surface area contributed by atoms with Crippen molar-refractivity contribution in [3.05, 3.63) is 48.5 Å². The van der Waals surface area contributed by atoms with Crippen LogP contribution in [0.5, 0.6) is 0 Å². The van der Waals surface area contributed by atoms with Gasteiger partial charge < -0.3 is 0 Å². The molecule has 65 valence electrons. The highest BCUT2D eigenvalue weighted by molar-refractivity contribution is 5.82. The van der Waals surface area contributed by atoms with E-state index in [-0.39, 0.29) is 0 Å². The molecule has 0 aliphatic carbocycles. The minimum atomic E-state index is 1.05. The van der Waals surface area contributed by atoms with Crippen LogP contribution < -0.4 is 0 Å². The molecule has 0 spiro atoms. The van der Waals surface area contributed by atoms with E-state index in [0.29, 0.717) is 0 Å². The van der Waals surface area contributed by atoms with Gasteiger partial charge in [-0.05, 0) is 24.5 Å². The van der Waals surface area contributed by atoms with E-state index in [0.717, 1.165) is 11.9 Å². The lowest BCUT2D eigenvalue weighted by atomic mass is 10.1. The summed E-state index contributed by atoms with van der Waals surface area (Å²) >= 11 is 0. The highest BCUT2D eigenvalue weighted by atomic mass is 14.6. The molecule has 1 heterocycles. The molecule has 0 amide bonds. The Labute approximate surface area is 78.4 Å². The van der Waals surface area contributed by atoms with Crippen LogP contribution in [0.1, 0.15) is 18.9 Å². The molecule has 2 rings (SSSR count). The number of rotatable bonds is 2. The third-order valence-corrected chi connectivity index (χ3v) is 2.09. The van der Waals surface area contributed by atoms with Crippen molar-refractivity contribution in [2.75, 3.05) is 0 Å². The molecular formula is C12H12N. The van der Waals surface area contributed by atoms with E-state index < -0.39 is 0 Å². The Morgan fingerprint density at radius 1 is 1.23 bits per heavy atom. The quantitative estimate of drug-likeness (QED) is 0.674. The van der Waals surface area contributed by atoms with Gasteiger partial charge in [-0.3, -0.25) is 4.98 Å². The minimum Gasteiger partial charge on any atom is -0.256 e. The summed E-state index contributed by atoms with van der Waals surface area (Å²) < 4.78 is 0. The van der Waals surface area contributed by atoms with Crippen LogP contribution in [0, 0.1) is 6.42 Å². The van der Waals surface area contributed by atoms with Crippen LogP contribution in [0.2, 0.25) is 0 Å². The van der Waals surface area contributed by atoms with Gasteiger partial charge >= 0.3 is 0 Å². The molecule has 1 heteroatoms. The van der Waals surface area contributed by atoms with Crippen molar-refractivity contribution in [1.29, 1.82) is 0 Å². The van der Waals surface area contributed by atoms with E-state index in [2.05, 4.69) is 42.6 Å². The summed E-state index contributed by atoms with van der Waals surface area (Å²) in [6, 6.07) is 10.3. The SMILES string of the molecule is CC[CH]c1cccc2cccnc12. The normalized spacial score (nSPS) is 10.5. The summed E-state index contributed by atoms with van der Waals surface area (Å²) in [5, 5.41) is 1.21. The topological polar surface area (TPSA) is 12.9 Å². The van der Waals surface area contributed by atoms with Crippen molar-refractivity contribution >= 4 is 10.9 Å². The van der Waals surface area contributed by atoms with Gasteiger partial charge in [-0.25, -0.2) is 0 Å². The summed E-state index contributed by atoms with van der Waals surface area (Å²) in [5.74, 6) is 0. The van der Waals surface area contributed by atoms with Crippen molar-refractivity contribution in [2.45, 2.75) is 13.3 Å². The Hall–Kier alpha value is -1.37. The van der Waals surface area contributed by atoms with Crippen molar-refractivity contribution in [2.24, 2.45) is 0 Å². The van der Waals surface area contributed by atoms with Crippen molar-refractivity contribution in [3.63, 3.8) is 0 Å². The Morgan fingerprint density at radius 2 is 2.08 bits per heavy atom. The van der Waals surface area contributed by atoms with E-state index in [9.17, 15) is 0 Å². The van der Waals surface area contributed by atoms with Crippen molar-refractivity contribution < 1.29 is 0 Å². The molecule has 0 aliphatic heterocycles. The van der Waals surface area contributed by atoms with E-state index in [1.165, 1.54) is 10.9 Å². The van der Waals surface area contributed by atoms with Gasteiger partial charge in [-0.15, -0.1) is 0 Å². The zero-order valence-electron chi connectivity index (χ0n) is 7.70. The Balaban J connectivity index is 2.61. The first kappa shape index (κ1) is 8.24. The number of pyridine rings is 1. The third-order valence-electron chi connectivity index (χ3n) is 2.09. The Morgan fingerprint density at radius 3 is 2.92 bits per heavy atom. The van der Waals surface area contributed by atoms with Gasteiger partial charge in [0.25, 0.3) is 0 Å². The first-order valence-electron chi connectivity index (χ1n) is 4.59. The molecule has 2 aromatic rings. The molecule has 0 fully saturated rings. The zero-order chi connectivity index (χ0) is 9.10. The van der Waals surface area contributed by atoms with Gasteiger partial charge in [0.1, 0.15) is 0 Å². The number of aromatic nitrogens is 1. The number of hydrogen-bond acceptors (Lipinski definition) is 1. The summed E-state index contributed by atoms with van der Waals surface area (Å²) in [6.07, 6.45) is 5.10. The fraction of sp³-hybridized carbons (Fsp3) is 0.167. The molecular weight excluding hydrogens is 158 g/mol. The number of fused-ring (bicyclic) bond motifs is 1. The van der Waals surface area contributed by atoms with Gasteiger partial charge in [0, 0.05) is 11.6 Å². The van der Waals surface area contributed by atoms with Gasteiger partial charge in [-0.2, -0.15) is 0 Å². The molecule has 0 saturated heterocycles. The average Bonchev–Trinajstić information content (AvgIpc) is 2.19. The maximum absolute atomic E-state index is 4.37. The molecule has 0 bridgehead atoms. The summed E-state index contributed by atoms with van der Waals surface area (Å²) in [7, 11) is 0. The molecule has 0 N–H and O–H groups in total. The van der Waals surface area contributed by atoms with Gasteiger partial charge in [0.05, 0.1) is 5.52 Å². The minimum absolute atomic E-state index is 1.05. The summed E-state index contributed by atoms with van der Waals surface area (Å²) in [5.41, 5.74) is 2.34. The lowest BCUT2D eigenvalue weighted by molar-refractivity contribution is 1.12. The second-order valence-corrected chi connectivity index (χ2v) is 3.03. The van der Waals surface area contributed by atoms with Gasteiger partial charge in [0.2, 0.25) is 0 Å². The second-order valence-electron chi connectivity index (χ2n) is 3.03. The smallest absolute Gasteiger partial charge is 0.0736 e. The largest absolute Gasteiger partial charge is 0.256 e. The lowest BCUT2D eigenvalue weighted by Crippen LogP contribution is -1.85. The average molecular weight is 170 g/mol. The number of hydrogen-bond donors (Lipinski definition) is 0. The van der Waals surface area contributed by atoms with Crippen molar-refractivity contribution in [3.8, 4) is 0 Å². The van der Waals surface area contributed by atoms with Gasteiger partial charge in [-0.1, -0.05) is 31.2 Å². The summed E-state index contributed by atoms with van der Waals surface area (Å²) in [6.45, 7) is 2.14. The number of para-hydroxylation sites is 1. The standard InChI is InChI=1S/C12H12N/c1-2-5-10-6-3-7-11-8-4-9-13-12(10)11/h3-9H,2H2,1H3. The van der Waals surface area contributed by atoms with Crippen LogP contribution in [-0.2, 0) is 0 Å². The molecule has 0 aliphatic rings. The second kappa shape index (κ2) is 3.56. The summed E-state index contributed by atoms with van der Waals surface area (Å²) in [4.78, 5) is 4.37. The van der Waals surface area contributed by atoms with Gasteiger partial charge in [0.15, 0.2) is 0 Å². The molecule has 1 aromatic carbocycles. The first-order chi connectivity index (χ1) is 6.42. The van der Waals surface area contributed by atoms with E-state index in [1.54, 1.807) is 0 Å². The van der Waals surface area contributed by atoms with E-state index in [1.807, 2.05) is 12.3 Å². The fourth-order valence-electron chi connectivity index (χ4n) is 1.51. The fourth-order valence-corrected chi connectivity index (χ4v) is 1.51. The van der Waals surface area contributed by atoms with Crippen LogP contribution in [0.3, 0.4) is 0 Å². The highest BCUT2D eigenvalue weighted by Gasteiger charge is 1.99. The van der Waals surface area contributed by atoms with Crippen LogP contribution in [0.4, 0.5) is 0 Å². The maximum atomic E-state index is 4.37. The van der Waals surface area contributed by atoms with Crippen LogP contribution >= 0.6 is 0 Å². The van der Waals surface area contributed by atoms with Crippen LogP contribution in [0.15, 0.2) is 36.5 Å². The molecule has 1 nitrogen and oxygen atoms in total. The molecule has 0 atom stereocenters. The van der Waals surface area contributed by atoms with Crippen LogP contribution in [-0.4, -0.2) is 4.98 Å². The Bertz CT molecular complexity index is 401. The molecule has 13 heavy (non-hydrogen) atoms. The predicted octanol–water partition coefficient (Wildman–Crippen LogP) is 3.20. The Kier molecular flexibility index (Phi) is 2.26. The molecule has 0 saturated carbocycles. The first-order valence-corrected chi connectivity index (χ1v) is 4.59. The monoisotopic (exact) mass is 170 g/mol. The lowest BCUT2D eigenvalue weighted by Gasteiger charge is -2.02. The van der Waals surface area contributed by atoms with Crippen molar-refractivity contribution in [1.82, 2.24) is 4.98 Å². The zero-order valence-corrected chi connectivity index (χ0v) is 7.70.